The number of carbonyl (C=O) groups is 2. The van der Waals surface area contributed by atoms with E-state index in [1.807, 2.05) is 13.8 Å². The van der Waals surface area contributed by atoms with Gasteiger partial charge in [-0.3, -0.25) is 25.2 Å². The number of hydrazine groups is 1. The molecule has 0 aliphatic heterocycles. The number of nitrogens with one attached hydrogen (secondary N) is 3. The van der Waals surface area contributed by atoms with Gasteiger partial charge in [-0.15, -0.1) is 23.1 Å². The van der Waals surface area contributed by atoms with Crippen molar-refractivity contribution in [3.05, 3.63) is 91.6 Å². The Bertz CT molecular complexity index is 1460. The number of H-pyrrole nitrogens is 1. The molecule has 0 atom stereocenters. The number of aromatic nitrogens is 2. The van der Waals surface area contributed by atoms with Crippen LogP contribution in [0, 0.1) is 26.6 Å². The van der Waals surface area contributed by atoms with Crippen molar-refractivity contribution < 1.29 is 14.0 Å². The van der Waals surface area contributed by atoms with Crippen LogP contribution < -0.4 is 16.4 Å². The Balaban J connectivity index is 1.51. The molecule has 0 bridgehead atoms. The lowest BCUT2D eigenvalue weighted by atomic mass is 10.2. The quantitative estimate of drug-likeness (QED) is 0.280. The molecular formula is C24H21FN4O3S2. The van der Waals surface area contributed by atoms with Gasteiger partial charge >= 0.3 is 0 Å². The third-order valence-electron chi connectivity index (χ3n) is 5.16. The number of fused-ring (bicyclic) bond motifs is 1. The topological polar surface area (TPSA) is 104 Å². The highest BCUT2D eigenvalue weighted by molar-refractivity contribution is 7.98. The Kier molecular flexibility index (Phi) is 6.80. The summed E-state index contributed by atoms with van der Waals surface area (Å²) >= 11 is 2.66. The summed E-state index contributed by atoms with van der Waals surface area (Å²) in [7, 11) is 0. The number of hydrogen-bond donors (Lipinski definition) is 3. The smallest absolute Gasteiger partial charge is 0.280 e. The SMILES string of the molecule is Cc1ccc(C)c(SCc2nc3sc(C(=O)NNC(=O)c4ccc(F)cc4)c(C)c3c(=O)[nH]2)c1. The first-order valence-electron chi connectivity index (χ1n) is 10.3. The van der Waals surface area contributed by atoms with Crippen LogP contribution in [-0.2, 0) is 5.75 Å². The highest BCUT2D eigenvalue weighted by atomic mass is 32.2. The molecule has 0 saturated carbocycles. The van der Waals surface area contributed by atoms with E-state index in [4.69, 9.17) is 0 Å². The number of thioether (sulfide) groups is 1. The average molecular weight is 497 g/mol. The molecule has 10 heteroatoms. The molecule has 174 valence electrons. The van der Waals surface area contributed by atoms with Gasteiger partial charge in [0.05, 0.1) is 16.0 Å². The molecule has 2 aromatic carbocycles. The molecule has 4 aromatic rings. The maximum absolute atomic E-state index is 13.0. The number of halogens is 1. The number of hydrogen-bond acceptors (Lipinski definition) is 6. The van der Waals surface area contributed by atoms with Crippen molar-refractivity contribution >= 4 is 45.1 Å². The minimum absolute atomic E-state index is 0.193. The average Bonchev–Trinajstić information content (AvgIpc) is 3.15. The second kappa shape index (κ2) is 9.78. The van der Waals surface area contributed by atoms with E-state index in [9.17, 15) is 18.8 Å². The molecule has 0 aliphatic rings. The van der Waals surface area contributed by atoms with Gasteiger partial charge < -0.3 is 4.98 Å². The molecule has 0 spiro atoms. The van der Waals surface area contributed by atoms with E-state index in [2.05, 4.69) is 39.0 Å². The third kappa shape index (κ3) is 5.02. The summed E-state index contributed by atoms with van der Waals surface area (Å²) in [4.78, 5) is 46.8. The summed E-state index contributed by atoms with van der Waals surface area (Å²) in [5, 5.41) is 0.348. The van der Waals surface area contributed by atoms with Gasteiger partial charge in [0.2, 0.25) is 0 Å². The highest BCUT2D eigenvalue weighted by Crippen LogP contribution is 2.29. The van der Waals surface area contributed by atoms with Crippen molar-refractivity contribution in [3.8, 4) is 0 Å². The first kappa shape index (κ1) is 23.7. The lowest BCUT2D eigenvalue weighted by molar-refractivity contribution is 0.0848. The second-order valence-corrected chi connectivity index (χ2v) is 9.74. The molecule has 2 amide bonds. The van der Waals surface area contributed by atoms with E-state index in [1.165, 1.54) is 12.1 Å². The molecule has 0 aliphatic carbocycles. The van der Waals surface area contributed by atoms with Crippen LogP contribution in [0.3, 0.4) is 0 Å². The van der Waals surface area contributed by atoms with E-state index in [0.29, 0.717) is 27.4 Å². The van der Waals surface area contributed by atoms with Crippen LogP contribution in [0.1, 0.15) is 42.5 Å². The lowest BCUT2D eigenvalue weighted by Gasteiger charge is -2.07. The van der Waals surface area contributed by atoms with Gasteiger partial charge in [0.1, 0.15) is 16.5 Å². The van der Waals surface area contributed by atoms with Gasteiger partial charge in [-0.2, -0.15) is 0 Å². The Morgan fingerprint density at radius 3 is 2.50 bits per heavy atom. The molecule has 3 N–H and O–H groups in total. The van der Waals surface area contributed by atoms with Crippen LogP contribution in [0.15, 0.2) is 52.2 Å². The molecule has 0 fully saturated rings. The predicted octanol–water partition coefficient (Wildman–Crippen LogP) is 4.42. The van der Waals surface area contributed by atoms with Crippen LogP contribution >= 0.6 is 23.1 Å². The van der Waals surface area contributed by atoms with Crippen LogP contribution in [0.25, 0.3) is 10.2 Å². The van der Waals surface area contributed by atoms with Crippen molar-refractivity contribution in [3.63, 3.8) is 0 Å². The summed E-state index contributed by atoms with van der Waals surface area (Å²) in [5.41, 5.74) is 7.30. The van der Waals surface area contributed by atoms with E-state index < -0.39 is 17.6 Å². The monoisotopic (exact) mass is 496 g/mol. The zero-order valence-electron chi connectivity index (χ0n) is 18.6. The van der Waals surface area contributed by atoms with Crippen molar-refractivity contribution in [2.45, 2.75) is 31.4 Å². The van der Waals surface area contributed by atoms with Gasteiger partial charge in [0, 0.05) is 10.5 Å². The van der Waals surface area contributed by atoms with Gasteiger partial charge in [-0.05, 0) is 62.2 Å². The largest absolute Gasteiger partial charge is 0.309 e. The summed E-state index contributed by atoms with van der Waals surface area (Å²) < 4.78 is 13.0. The normalized spacial score (nSPS) is 10.9. The minimum atomic E-state index is -0.589. The van der Waals surface area contributed by atoms with Crippen molar-refractivity contribution in [2.24, 2.45) is 0 Å². The van der Waals surface area contributed by atoms with Crippen LogP contribution in [0.2, 0.25) is 0 Å². The third-order valence-corrected chi connectivity index (χ3v) is 7.51. The van der Waals surface area contributed by atoms with E-state index in [-0.39, 0.29) is 16.0 Å². The fourth-order valence-electron chi connectivity index (χ4n) is 3.33. The molecule has 2 aromatic heterocycles. The maximum Gasteiger partial charge on any atom is 0.280 e. The molecule has 4 rings (SSSR count). The molecule has 2 heterocycles. The van der Waals surface area contributed by atoms with Crippen LogP contribution in [0.5, 0.6) is 0 Å². The van der Waals surface area contributed by atoms with Crippen molar-refractivity contribution in [1.29, 1.82) is 0 Å². The molecular weight excluding hydrogens is 475 g/mol. The summed E-state index contributed by atoms with van der Waals surface area (Å²) in [6.07, 6.45) is 0. The summed E-state index contributed by atoms with van der Waals surface area (Å²) in [5.74, 6) is -0.635. The number of benzene rings is 2. The van der Waals surface area contributed by atoms with Gasteiger partial charge in [0.15, 0.2) is 0 Å². The molecule has 0 radical (unpaired) electrons. The number of amides is 2. The fourth-order valence-corrected chi connectivity index (χ4v) is 5.42. The maximum atomic E-state index is 13.0. The zero-order valence-corrected chi connectivity index (χ0v) is 20.2. The number of aryl methyl sites for hydroxylation is 3. The van der Waals surface area contributed by atoms with Gasteiger partial charge in [0.25, 0.3) is 17.4 Å². The van der Waals surface area contributed by atoms with E-state index in [0.717, 1.165) is 39.5 Å². The van der Waals surface area contributed by atoms with Crippen LogP contribution in [-0.4, -0.2) is 21.8 Å². The molecule has 0 saturated heterocycles. The minimum Gasteiger partial charge on any atom is -0.309 e. The van der Waals surface area contributed by atoms with Crippen LogP contribution in [0.4, 0.5) is 4.39 Å². The second-order valence-electron chi connectivity index (χ2n) is 7.72. The van der Waals surface area contributed by atoms with Gasteiger partial charge in [-0.1, -0.05) is 17.7 Å². The Morgan fingerprint density at radius 1 is 1.06 bits per heavy atom. The number of aromatic amines is 1. The fraction of sp³-hybridized carbons (Fsp3) is 0.167. The molecule has 7 nitrogen and oxygen atoms in total. The Labute approximate surface area is 202 Å². The number of rotatable bonds is 5. The number of carbonyl (C=O) groups excluding carboxylic acids is 2. The zero-order chi connectivity index (χ0) is 24.4. The van der Waals surface area contributed by atoms with Crippen molar-refractivity contribution in [2.75, 3.05) is 0 Å². The predicted molar refractivity (Wildman–Crippen MR) is 132 cm³/mol. The number of nitrogens with zero attached hydrogens (tertiary/aromatic N) is 1. The Morgan fingerprint density at radius 2 is 1.76 bits per heavy atom. The first-order valence-corrected chi connectivity index (χ1v) is 12.1. The van der Waals surface area contributed by atoms with E-state index in [1.54, 1.807) is 18.7 Å². The molecule has 0 unspecified atom stereocenters. The summed E-state index contributed by atoms with van der Waals surface area (Å²) in [6.45, 7) is 5.72. The standard InChI is InChI=1S/C24H21FN4O3S2/c1-12-4-5-13(2)17(10-12)33-11-18-26-22(31)19-14(3)20(34-24(19)27-18)23(32)29-28-21(30)15-6-8-16(25)9-7-15/h4-10H,11H2,1-3H3,(H,28,30)(H,29,32)(H,26,27,31). The number of thiophene rings is 1. The van der Waals surface area contributed by atoms with Gasteiger partial charge in [-0.25, -0.2) is 9.37 Å². The van der Waals surface area contributed by atoms with Crippen molar-refractivity contribution in [1.82, 2.24) is 20.8 Å². The molecule has 34 heavy (non-hydrogen) atoms. The Hall–Kier alpha value is -3.50. The highest BCUT2D eigenvalue weighted by Gasteiger charge is 2.20. The van der Waals surface area contributed by atoms with E-state index >= 15 is 0 Å². The first-order chi connectivity index (χ1) is 16.2. The summed E-state index contributed by atoms with van der Waals surface area (Å²) in [6, 6.07) is 11.1. The lowest BCUT2D eigenvalue weighted by Crippen LogP contribution is -2.41.